The van der Waals surface area contributed by atoms with Gasteiger partial charge in [-0.3, -0.25) is 9.78 Å². The molecule has 128 valence electrons. The molecule has 0 bridgehead atoms. The van der Waals surface area contributed by atoms with E-state index < -0.39 is 0 Å². The van der Waals surface area contributed by atoms with Crippen molar-refractivity contribution in [1.29, 1.82) is 0 Å². The van der Waals surface area contributed by atoms with E-state index in [4.69, 9.17) is 0 Å². The van der Waals surface area contributed by atoms with Gasteiger partial charge in [-0.25, -0.2) is 9.67 Å². The summed E-state index contributed by atoms with van der Waals surface area (Å²) in [6.45, 7) is 2.04. The average Bonchev–Trinajstić information content (AvgIpc) is 3.10. The molecule has 4 aromatic rings. The van der Waals surface area contributed by atoms with Gasteiger partial charge in [0, 0.05) is 24.2 Å². The van der Waals surface area contributed by atoms with Crippen molar-refractivity contribution in [2.24, 2.45) is 0 Å². The minimum atomic E-state index is -0.0987. The third-order valence-corrected chi connectivity index (χ3v) is 3.86. The first-order chi connectivity index (χ1) is 12.7. The maximum absolute atomic E-state index is 11.2. The molecule has 0 unspecified atom stereocenters. The van der Waals surface area contributed by atoms with Gasteiger partial charge in [-0.1, -0.05) is 17.3 Å². The molecule has 0 atom stereocenters. The minimum Gasteiger partial charge on any atom is -0.326 e. The first-order valence-electron chi connectivity index (χ1n) is 8.16. The zero-order valence-corrected chi connectivity index (χ0v) is 14.1. The number of rotatable bonds is 4. The van der Waals surface area contributed by atoms with Gasteiger partial charge in [0.25, 0.3) is 0 Å². The molecule has 7 heteroatoms. The van der Waals surface area contributed by atoms with E-state index in [1.165, 1.54) is 6.92 Å². The van der Waals surface area contributed by atoms with E-state index in [1.54, 1.807) is 10.9 Å². The molecule has 1 amide bonds. The Bertz CT molecular complexity index is 1070. The molecular formula is C19H16N6O. The summed E-state index contributed by atoms with van der Waals surface area (Å²) in [7, 11) is 0. The van der Waals surface area contributed by atoms with E-state index >= 15 is 0 Å². The lowest BCUT2D eigenvalue weighted by Gasteiger charge is -2.04. The van der Waals surface area contributed by atoms with E-state index in [-0.39, 0.29) is 5.91 Å². The van der Waals surface area contributed by atoms with Crippen LogP contribution in [-0.2, 0) is 11.3 Å². The van der Waals surface area contributed by atoms with E-state index in [9.17, 15) is 4.79 Å². The summed E-state index contributed by atoms with van der Waals surface area (Å²) in [5.74, 6) is -0.0987. The predicted molar refractivity (Wildman–Crippen MR) is 98.4 cm³/mol. The molecule has 4 rings (SSSR count). The summed E-state index contributed by atoms with van der Waals surface area (Å²) >= 11 is 0. The summed E-state index contributed by atoms with van der Waals surface area (Å²) < 4.78 is 1.74. The summed E-state index contributed by atoms with van der Waals surface area (Å²) in [6, 6.07) is 15.2. The van der Waals surface area contributed by atoms with Crippen LogP contribution >= 0.6 is 0 Å². The smallest absolute Gasteiger partial charge is 0.221 e. The number of pyridine rings is 2. The van der Waals surface area contributed by atoms with Crippen LogP contribution in [0.4, 0.5) is 5.69 Å². The van der Waals surface area contributed by atoms with Crippen LogP contribution in [0.2, 0.25) is 0 Å². The van der Waals surface area contributed by atoms with Crippen LogP contribution in [0.3, 0.4) is 0 Å². The maximum atomic E-state index is 11.2. The Morgan fingerprint density at radius 3 is 2.85 bits per heavy atom. The highest BCUT2D eigenvalue weighted by Gasteiger charge is 2.08. The van der Waals surface area contributed by atoms with Crippen LogP contribution in [0, 0.1) is 0 Å². The highest BCUT2D eigenvalue weighted by molar-refractivity contribution is 5.92. The van der Waals surface area contributed by atoms with E-state index in [2.05, 4.69) is 25.6 Å². The molecule has 0 saturated carbocycles. The number of carbonyl (C=O) groups excluding carboxylic acids is 1. The minimum absolute atomic E-state index is 0.0987. The van der Waals surface area contributed by atoms with Gasteiger partial charge in [-0.05, 0) is 36.4 Å². The van der Waals surface area contributed by atoms with Gasteiger partial charge in [0.1, 0.15) is 5.69 Å². The van der Waals surface area contributed by atoms with Crippen LogP contribution in [0.15, 0.2) is 60.9 Å². The SMILES string of the molecule is CC(=O)Nc1ccc2nc(-c3cn(Cc4ccccn4)nn3)ccc2c1. The molecule has 0 aliphatic rings. The fourth-order valence-electron chi connectivity index (χ4n) is 2.70. The zero-order chi connectivity index (χ0) is 17.9. The second-order valence-electron chi connectivity index (χ2n) is 5.91. The molecule has 0 spiro atoms. The number of hydrogen-bond donors (Lipinski definition) is 1. The number of anilines is 1. The Morgan fingerprint density at radius 2 is 2.04 bits per heavy atom. The lowest BCUT2D eigenvalue weighted by atomic mass is 10.1. The van der Waals surface area contributed by atoms with Gasteiger partial charge in [-0.2, -0.15) is 0 Å². The lowest BCUT2D eigenvalue weighted by molar-refractivity contribution is -0.114. The fraction of sp³-hybridized carbons (Fsp3) is 0.105. The highest BCUT2D eigenvalue weighted by atomic mass is 16.1. The topological polar surface area (TPSA) is 85.6 Å². The third-order valence-electron chi connectivity index (χ3n) is 3.86. The Labute approximate surface area is 149 Å². The number of nitrogens with one attached hydrogen (secondary N) is 1. The van der Waals surface area contributed by atoms with Crippen molar-refractivity contribution in [3.8, 4) is 11.4 Å². The Balaban J connectivity index is 1.59. The van der Waals surface area contributed by atoms with Crippen LogP contribution in [-0.4, -0.2) is 30.9 Å². The Kier molecular flexibility index (Phi) is 4.10. The maximum Gasteiger partial charge on any atom is 0.221 e. The van der Waals surface area contributed by atoms with Crippen molar-refractivity contribution < 1.29 is 4.79 Å². The van der Waals surface area contributed by atoms with Gasteiger partial charge in [0.2, 0.25) is 5.91 Å². The standard InChI is InChI=1S/C19H16N6O/c1-13(26)21-15-6-8-17-14(10-15)5-7-18(22-17)19-12-25(24-23-19)11-16-4-2-3-9-20-16/h2-10,12H,11H2,1H3,(H,21,26). The first-order valence-corrected chi connectivity index (χ1v) is 8.16. The number of fused-ring (bicyclic) bond motifs is 1. The highest BCUT2D eigenvalue weighted by Crippen LogP contribution is 2.22. The van der Waals surface area contributed by atoms with E-state index in [0.717, 1.165) is 28.0 Å². The van der Waals surface area contributed by atoms with E-state index in [0.29, 0.717) is 12.2 Å². The van der Waals surface area contributed by atoms with Crippen LogP contribution in [0.5, 0.6) is 0 Å². The average molecular weight is 344 g/mol. The Morgan fingerprint density at radius 1 is 1.12 bits per heavy atom. The van der Waals surface area contributed by atoms with Crippen molar-refractivity contribution in [2.75, 3.05) is 5.32 Å². The second kappa shape index (κ2) is 6.72. The molecule has 0 fully saturated rings. The monoisotopic (exact) mass is 344 g/mol. The van der Waals surface area contributed by atoms with Crippen molar-refractivity contribution in [3.63, 3.8) is 0 Å². The molecule has 0 aliphatic carbocycles. The summed E-state index contributed by atoms with van der Waals surface area (Å²) in [5, 5.41) is 12.1. The molecule has 0 saturated heterocycles. The third kappa shape index (κ3) is 3.41. The molecule has 3 aromatic heterocycles. The van der Waals surface area contributed by atoms with Gasteiger partial charge >= 0.3 is 0 Å². The quantitative estimate of drug-likeness (QED) is 0.615. The number of hydrogen-bond acceptors (Lipinski definition) is 5. The molecule has 1 N–H and O–H groups in total. The van der Waals surface area contributed by atoms with E-state index in [1.807, 2.05) is 54.7 Å². The number of carbonyl (C=O) groups is 1. The molecule has 0 aliphatic heterocycles. The molecule has 3 heterocycles. The number of amides is 1. The van der Waals surface area contributed by atoms with Gasteiger partial charge < -0.3 is 5.32 Å². The van der Waals surface area contributed by atoms with Gasteiger partial charge in [0.05, 0.1) is 29.6 Å². The van der Waals surface area contributed by atoms with Crippen molar-refractivity contribution in [2.45, 2.75) is 13.5 Å². The van der Waals surface area contributed by atoms with Crippen molar-refractivity contribution >= 4 is 22.5 Å². The number of nitrogens with zero attached hydrogens (tertiary/aromatic N) is 5. The van der Waals surface area contributed by atoms with Crippen LogP contribution in [0.1, 0.15) is 12.6 Å². The second-order valence-corrected chi connectivity index (χ2v) is 5.91. The fourth-order valence-corrected chi connectivity index (χ4v) is 2.70. The summed E-state index contributed by atoms with van der Waals surface area (Å²) in [4.78, 5) is 20.1. The zero-order valence-electron chi connectivity index (χ0n) is 14.1. The molecule has 7 nitrogen and oxygen atoms in total. The van der Waals surface area contributed by atoms with Crippen molar-refractivity contribution in [3.05, 3.63) is 66.6 Å². The predicted octanol–water partition coefficient (Wildman–Crippen LogP) is 2.90. The molecule has 1 aromatic carbocycles. The van der Waals surface area contributed by atoms with Crippen molar-refractivity contribution in [1.82, 2.24) is 25.0 Å². The summed E-state index contributed by atoms with van der Waals surface area (Å²) in [5.41, 5.74) is 3.95. The molecule has 0 radical (unpaired) electrons. The molecular weight excluding hydrogens is 328 g/mol. The Hall–Kier alpha value is -3.61. The number of benzene rings is 1. The van der Waals surface area contributed by atoms with Gasteiger partial charge in [0.15, 0.2) is 0 Å². The van der Waals surface area contributed by atoms with Crippen LogP contribution in [0.25, 0.3) is 22.3 Å². The summed E-state index contributed by atoms with van der Waals surface area (Å²) in [6.07, 6.45) is 3.61. The number of aromatic nitrogens is 5. The largest absolute Gasteiger partial charge is 0.326 e. The normalized spacial score (nSPS) is 10.8. The lowest BCUT2D eigenvalue weighted by Crippen LogP contribution is -2.05. The van der Waals surface area contributed by atoms with Crippen LogP contribution < -0.4 is 5.32 Å². The van der Waals surface area contributed by atoms with Gasteiger partial charge in [-0.15, -0.1) is 5.10 Å². The molecule has 26 heavy (non-hydrogen) atoms. The first kappa shape index (κ1) is 15.9.